The molecule has 20 heavy (non-hydrogen) atoms. The smallest absolute Gasteiger partial charge is 0.262 e. The molecule has 0 unspecified atom stereocenters. The van der Waals surface area contributed by atoms with Crippen LogP contribution in [0.25, 0.3) is 11.1 Å². The maximum atomic E-state index is 12.3. The minimum atomic E-state index is -3.63. The van der Waals surface area contributed by atoms with Crippen LogP contribution >= 0.6 is 0 Å². The molecule has 3 rings (SSSR count). The van der Waals surface area contributed by atoms with Crippen molar-refractivity contribution in [3.05, 3.63) is 54.4 Å². The highest BCUT2D eigenvalue weighted by atomic mass is 32.2. The summed E-state index contributed by atoms with van der Waals surface area (Å²) < 4.78 is 32.4. The molecule has 102 valence electrons. The third-order valence-corrected chi connectivity index (χ3v) is 4.18. The number of aromatic nitrogens is 1. The molecule has 0 atom stereocenters. The number of nitrogens with zero attached hydrogens (tertiary/aromatic N) is 1. The quantitative estimate of drug-likeness (QED) is 0.804. The standard InChI is InChI=1S/C14H12N2O3S/c1-10-15-13-8-7-12(9-14(13)19-10)20(17,18)16-11-5-3-2-4-6-11/h2-9,16H,1H3. The van der Waals surface area contributed by atoms with Gasteiger partial charge in [-0.05, 0) is 24.3 Å². The molecule has 1 heterocycles. The van der Waals surface area contributed by atoms with Crippen LogP contribution in [-0.2, 0) is 10.0 Å². The second kappa shape index (κ2) is 4.64. The van der Waals surface area contributed by atoms with E-state index < -0.39 is 10.0 Å². The van der Waals surface area contributed by atoms with Crippen LogP contribution < -0.4 is 4.72 Å². The largest absolute Gasteiger partial charge is 0.441 e. The fourth-order valence-corrected chi connectivity index (χ4v) is 2.98. The van der Waals surface area contributed by atoms with Gasteiger partial charge in [-0.2, -0.15) is 0 Å². The zero-order chi connectivity index (χ0) is 14.2. The summed E-state index contributed by atoms with van der Waals surface area (Å²) in [5.74, 6) is 0.505. The topological polar surface area (TPSA) is 72.2 Å². The van der Waals surface area contributed by atoms with Gasteiger partial charge in [0, 0.05) is 18.7 Å². The number of benzene rings is 2. The molecule has 0 aliphatic rings. The molecule has 6 heteroatoms. The molecule has 0 fully saturated rings. The number of hydrogen-bond acceptors (Lipinski definition) is 4. The van der Waals surface area contributed by atoms with Gasteiger partial charge >= 0.3 is 0 Å². The molecule has 1 N–H and O–H groups in total. The van der Waals surface area contributed by atoms with Gasteiger partial charge in [-0.1, -0.05) is 18.2 Å². The summed E-state index contributed by atoms with van der Waals surface area (Å²) in [5.41, 5.74) is 1.61. The molecule has 1 aromatic heterocycles. The molecular formula is C14H12N2O3S. The average molecular weight is 288 g/mol. The molecular weight excluding hydrogens is 276 g/mol. The highest BCUT2D eigenvalue weighted by molar-refractivity contribution is 7.92. The second-order valence-electron chi connectivity index (χ2n) is 4.33. The number of anilines is 1. The maximum absolute atomic E-state index is 12.3. The first-order valence-electron chi connectivity index (χ1n) is 6.00. The molecule has 0 bridgehead atoms. The van der Waals surface area contributed by atoms with E-state index in [1.807, 2.05) is 6.07 Å². The summed E-state index contributed by atoms with van der Waals surface area (Å²) in [6, 6.07) is 13.3. The molecule has 0 aliphatic carbocycles. The summed E-state index contributed by atoms with van der Waals surface area (Å²) in [4.78, 5) is 4.28. The first-order chi connectivity index (χ1) is 9.54. The minimum Gasteiger partial charge on any atom is -0.441 e. The van der Waals surface area contributed by atoms with E-state index in [0.717, 1.165) is 0 Å². The van der Waals surface area contributed by atoms with E-state index >= 15 is 0 Å². The molecule has 0 amide bonds. The van der Waals surface area contributed by atoms with Crippen LogP contribution in [0.4, 0.5) is 5.69 Å². The van der Waals surface area contributed by atoms with Gasteiger partial charge in [0.15, 0.2) is 11.5 Å². The third kappa shape index (κ3) is 2.37. The average Bonchev–Trinajstić information content (AvgIpc) is 2.78. The number of para-hydroxylation sites is 1. The Hall–Kier alpha value is -2.34. The van der Waals surface area contributed by atoms with Crippen molar-refractivity contribution >= 4 is 26.8 Å². The fourth-order valence-electron chi connectivity index (χ4n) is 1.91. The van der Waals surface area contributed by atoms with Crippen LogP contribution in [0.1, 0.15) is 5.89 Å². The Morgan fingerprint density at radius 3 is 2.60 bits per heavy atom. The van der Waals surface area contributed by atoms with E-state index in [0.29, 0.717) is 22.7 Å². The van der Waals surface area contributed by atoms with Gasteiger partial charge in [-0.15, -0.1) is 0 Å². The zero-order valence-corrected chi connectivity index (χ0v) is 11.5. The van der Waals surface area contributed by atoms with Crippen LogP contribution in [0.15, 0.2) is 57.8 Å². The number of fused-ring (bicyclic) bond motifs is 1. The molecule has 5 nitrogen and oxygen atoms in total. The van der Waals surface area contributed by atoms with Crippen molar-refractivity contribution in [1.29, 1.82) is 0 Å². The SMILES string of the molecule is Cc1nc2ccc(S(=O)(=O)Nc3ccccc3)cc2o1. The second-order valence-corrected chi connectivity index (χ2v) is 6.02. The predicted octanol–water partition coefficient (Wildman–Crippen LogP) is 2.94. The van der Waals surface area contributed by atoms with Crippen molar-refractivity contribution in [3.8, 4) is 0 Å². The third-order valence-electron chi connectivity index (χ3n) is 2.80. The first kappa shape index (κ1) is 12.7. The van der Waals surface area contributed by atoms with Crippen molar-refractivity contribution in [1.82, 2.24) is 4.98 Å². The lowest BCUT2D eigenvalue weighted by atomic mass is 10.3. The Bertz CT molecular complexity index is 855. The van der Waals surface area contributed by atoms with E-state index in [-0.39, 0.29) is 4.90 Å². The van der Waals surface area contributed by atoms with Gasteiger partial charge in [0.25, 0.3) is 10.0 Å². The minimum absolute atomic E-state index is 0.144. The summed E-state index contributed by atoms with van der Waals surface area (Å²) in [7, 11) is -3.63. The number of hydrogen-bond donors (Lipinski definition) is 1. The lowest BCUT2D eigenvalue weighted by Gasteiger charge is -2.07. The highest BCUT2D eigenvalue weighted by Gasteiger charge is 2.16. The van der Waals surface area contributed by atoms with Crippen LogP contribution in [0.3, 0.4) is 0 Å². The number of aryl methyl sites for hydroxylation is 1. The van der Waals surface area contributed by atoms with Gasteiger partial charge in [0.1, 0.15) is 5.52 Å². The lowest BCUT2D eigenvalue weighted by molar-refractivity contribution is 0.559. The van der Waals surface area contributed by atoms with Crippen LogP contribution in [-0.4, -0.2) is 13.4 Å². The number of rotatable bonds is 3. The van der Waals surface area contributed by atoms with Gasteiger partial charge in [-0.3, -0.25) is 4.72 Å². The Kier molecular flexibility index (Phi) is 2.94. The lowest BCUT2D eigenvalue weighted by Crippen LogP contribution is -2.12. The normalized spacial score (nSPS) is 11.7. The van der Waals surface area contributed by atoms with Gasteiger partial charge in [0.05, 0.1) is 4.90 Å². The van der Waals surface area contributed by atoms with E-state index in [1.165, 1.54) is 12.1 Å². The molecule has 0 aliphatic heterocycles. The van der Waals surface area contributed by atoms with Gasteiger partial charge < -0.3 is 4.42 Å². The summed E-state index contributed by atoms with van der Waals surface area (Å²) in [5, 5.41) is 0. The predicted molar refractivity (Wildman–Crippen MR) is 76.0 cm³/mol. The Morgan fingerprint density at radius 2 is 1.85 bits per heavy atom. The molecule has 2 aromatic carbocycles. The highest BCUT2D eigenvalue weighted by Crippen LogP contribution is 2.21. The summed E-state index contributed by atoms with van der Waals surface area (Å²) in [6.45, 7) is 1.72. The molecule has 0 saturated carbocycles. The van der Waals surface area contributed by atoms with Crippen LogP contribution in [0.2, 0.25) is 0 Å². The van der Waals surface area contributed by atoms with Crippen molar-refractivity contribution in [2.75, 3.05) is 4.72 Å². The monoisotopic (exact) mass is 288 g/mol. The van der Waals surface area contributed by atoms with E-state index in [2.05, 4.69) is 9.71 Å². The first-order valence-corrected chi connectivity index (χ1v) is 7.48. The Morgan fingerprint density at radius 1 is 1.10 bits per heavy atom. The fraction of sp³-hybridized carbons (Fsp3) is 0.0714. The maximum Gasteiger partial charge on any atom is 0.262 e. The summed E-state index contributed by atoms with van der Waals surface area (Å²) in [6.07, 6.45) is 0. The Labute approximate surface area is 116 Å². The summed E-state index contributed by atoms with van der Waals surface area (Å²) >= 11 is 0. The van der Waals surface area contributed by atoms with Crippen molar-refractivity contribution < 1.29 is 12.8 Å². The van der Waals surface area contributed by atoms with Crippen molar-refractivity contribution in [3.63, 3.8) is 0 Å². The molecule has 3 aromatic rings. The molecule has 0 saturated heterocycles. The number of sulfonamides is 1. The van der Waals surface area contributed by atoms with Crippen LogP contribution in [0.5, 0.6) is 0 Å². The van der Waals surface area contributed by atoms with E-state index in [1.54, 1.807) is 37.3 Å². The molecule has 0 spiro atoms. The van der Waals surface area contributed by atoms with E-state index in [4.69, 9.17) is 4.42 Å². The molecule has 0 radical (unpaired) electrons. The Balaban J connectivity index is 2.00. The van der Waals surface area contributed by atoms with Crippen LogP contribution in [0, 0.1) is 6.92 Å². The number of oxazole rings is 1. The van der Waals surface area contributed by atoms with Crippen molar-refractivity contribution in [2.24, 2.45) is 0 Å². The number of nitrogens with one attached hydrogen (secondary N) is 1. The van der Waals surface area contributed by atoms with Gasteiger partial charge in [0.2, 0.25) is 0 Å². The van der Waals surface area contributed by atoms with Gasteiger partial charge in [-0.25, -0.2) is 13.4 Å². The van der Waals surface area contributed by atoms with E-state index in [9.17, 15) is 8.42 Å². The van der Waals surface area contributed by atoms with Crippen molar-refractivity contribution in [2.45, 2.75) is 11.8 Å². The zero-order valence-electron chi connectivity index (χ0n) is 10.7.